The van der Waals surface area contributed by atoms with Gasteiger partial charge in [0, 0.05) is 45.0 Å². The van der Waals surface area contributed by atoms with Gasteiger partial charge in [0.2, 0.25) is 0 Å². The highest BCUT2D eigenvalue weighted by Gasteiger charge is 1.98. The Morgan fingerprint density at radius 2 is 1.61 bits per heavy atom. The predicted molar refractivity (Wildman–Crippen MR) is 64.3 cm³/mol. The van der Waals surface area contributed by atoms with E-state index in [-0.39, 0.29) is 6.61 Å². The highest BCUT2D eigenvalue weighted by atomic mass is 16.5. The lowest BCUT2D eigenvalue weighted by atomic mass is 10.4. The number of aliphatic carboxylic acids is 1. The molecule has 0 saturated heterocycles. The van der Waals surface area contributed by atoms with Gasteiger partial charge in [-0.05, 0) is 13.3 Å². The average molecular weight is 260 g/mol. The first kappa shape index (κ1) is 16.6. The SMILES string of the molecule is CCOCCCOCCCOC(=O)/C=C\C(=O)O. The van der Waals surface area contributed by atoms with Crippen molar-refractivity contribution in [1.29, 1.82) is 0 Å². The van der Waals surface area contributed by atoms with Crippen molar-refractivity contribution in [3.8, 4) is 0 Å². The standard InChI is InChI=1S/C12H20O6/c1-2-16-7-3-8-17-9-4-10-18-12(15)6-5-11(13)14/h5-6H,2-4,7-10H2,1H3,(H,13,14)/b6-5-. The van der Waals surface area contributed by atoms with E-state index in [0.717, 1.165) is 18.6 Å². The summed E-state index contributed by atoms with van der Waals surface area (Å²) in [5.41, 5.74) is 0. The molecule has 0 unspecified atom stereocenters. The largest absolute Gasteiger partial charge is 0.478 e. The van der Waals surface area contributed by atoms with Crippen LogP contribution in [0.3, 0.4) is 0 Å². The van der Waals surface area contributed by atoms with Gasteiger partial charge in [0.25, 0.3) is 0 Å². The maximum atomic E-state index is 10.9. The molecule has 6 nitrogen and oxygen atoms in total. The van der Waals surface area contributed by atoms with Crippen LogP contribution in [0, 0.1) is 0 Å². The zero-order valence-corrected chi connectivity index (χ0v) is 10.6. The predicted octanol–water partition coefficient (Wildman–Crippen LogP) is 1.00. The molecule has 0 amide bonds. The third-order valence-corrected chi connectivity index (χ3v) is 1.82. The Hall–Kier alpha value is -1.40. The van der Waals surface area contributed by atoms with E-state index in [2.05, 4.69) is 0 Å². The van der Waals surface area contributed by atoms with E-state index in [4.69, 9.17) is 19.3 Å². The molecule has 6 heteroatoms. The van der Waals surface area contributed by atoms with E-state index in [0.29, 0.717) is 32.8 Å². The van der Waals surface area contributed by atoms with Crippen LogP contribution in [0.5, 0.6) is 0 Å². The van der Waals surface area contributed by atoms with Gasteiger partial charge in [-0.25, -0.2) is 9.59 Å². The molecule has 0 bridgehead atoms. The Morgan fingerprint density at radius 1 is 1.00 bits per heavy atom. The van der Waals surface area contributed by atoms with Gasteiger partial charge in [-0.3, -0.25) is 0 Å². The fourth-order valence-electron chi connectivity index (χ4n) is 1.03. The summed E-state index contributed by atoms with van der Waals surface area (Å²) in [6, 6.07) is 0. The minimum atomic E-state index is -1.18. The van der Waals surface area contributed by atoms with Crippen molar-refractivity contribution < 1.29 is 28.9 Å². The van der Waals surface area contributed by atoms with Crippen LogP contribution in [0.1, 0.15) is 19.8 Å². The molecule has 0 aliphatic rings. The van der Waals surface area contributed by atoms with Crippen LogP contribution in [0.25, 0.3) is 0 Å². The van der Waals surface area contributed by atoms with Crippen molar-refractivity contribution in [3.63, 3.8) is 0 Å². The molecule has 0 aliphatic carbocycles. The molecule has 0 rings (SSSR count). The first-order valence-corrected chi connectivity index (χ1v) is 5.90. The molecule has 0 aromatic heterocycles. The van der Waals surface area contributed by atoms with E-state index >= 15 is 0 Å². The molecule has 0 aromatic carbocycles. The van der Waals surface area contributed by atoms with Gasteiger partial charge >= 0.3 is 11.9 Å². The van der Waals surface area contributed by atoms with Crippen molar-refractivity contribution in [3.05, 3.63) is 12.2 Å². The van der Waals surface area contributed by atoms with E-state index in [9.17, 15) is 9.59 Å². The molecular formula is C12H20O6. The number of hydrogen-bond donors (Lipinski definition) is 1. The summed E-state index contributed by atoms with van der Waals surface area (Å²) in [4.78, 5) is 21.0. The van der Waals surface area contributed by atoms with E-state index < -0.39 is 11.9 Å². The molecule has 0 atom stereocenters. The second-order valence-electron chi connectivity index (χ2n) is 3.36. The Labute approximate surface area is 107 Å². The van der Waals surface area contributed by atoms with Gasteiger partial charge in [0.1, 0.15) is 0 Å². The summed E-state index contributed by atoms with van der Waals surface area (Å²) >= 11 is 0. The normalized spacial score (nSPS) is 10.7. The molecule has 0 radical (unpaired) electrons. The van der Waals surface area contributed by atoms with Crippen LogP contribution >= 0.6 is 0 Å². The molecule has 0 saturated carbocycles. The lowest BCUT2D eigenvalue weighted by molar-refractivity contribution is -0.139. The van der Waals surface area contributed by atoms with Gasteiger partial charge in [-0.2, -0.15) is 0 Å². The monoisotopic (exact) mass is 260 g/mol. The zero-order valence-electron chi connectivity index (χ0n) is 10.6. The first-order chi connectivity index (χ1) is 8.66. The zero-order chi connectivity index (χ0) is 13.6. The first-order valence-electron chi connectivity index (χ1n) is 5.90. The number of ether oxygens (including phenoxy) is 3. The van der Waals surface area contributed by atoms with Gasteiger partial charge in [-0.1, -0.05) is 0 Å². The van der Waals surface area contributed by atoms with Crippen molar-refractivity contribution in [2.75, 3.05) is 33.0 Å². The quantitative estimate of drug-likeness (QED) is 0.339. The number of hydrogen-bond acceptors (Lipinski definition) is 5. The van der Waals surface area contributed by atoms with Gasteiger partial charge in [-0.15, -0.1) is 0 Å². The lowest BCUT2D eigenvalue weighted by Gasteiger charge is -2.04. The summed E-state index contributed by atoms with van der Waals surface area (Å²) in [5, 5.41) is 8.27. The van der Waals surface area contributed by atoms with Crippen LogP contribution < -0.4 is 0 Å². The summed E-state index contributed by atoms with van der Waals surface area (Å²) in [6.07, 6.45) is 3.05. The lowest BCUT2D eigenvalue weighted by Crippen LogP contribution is -2.07. The molecule has 0 fully saturated rings. The van der Waals surface area contributed by atoms with E-state index in [1.807, 2.05) is 6.92 Å². The molecule has 1 N–H and O–H groups in total. The maximum Gasteiger partial charge on any atom is 0.331 e. The molecule has 0 aromatic rings. The van der Waals surface area contributed by atoms with Crippen molar-refractivity contribution in [1.82, 2.24) is 0 Å². The Kier molecular flexibility index (Phi) is 11.1. The number of rotatable bonds is 11. The Balaban J connectivity index is 3.25. The third kappa shape index (κ3) is 12.7. The average Bonchev–Trinajstić information content (AvgIpc) is 2.34. The van der Waals surface area contributed by atoms with Crippen molar-refractivity contribution in [2.24, 2.45) is 0 Å². The molecule has 0 aliphatic heterocycles. The fraction of sp³-hybridized carbons (Fsp3) is 0.667. The van der Waals surface area contributed by atoms with Crippen LogP contribution in [0.4, 0.5) is 0 Å². The molecule has 104 valence electrons. The smallest absolute Gasteiger partial charge is 0.331 e. The van der Waals surface area contributed by atoms with Gasteiger partial charge < -0.3 is 19.3 Å². The molecule has 0 heterocycles. The van der Waals surface area contributed by atoms with E-state index in [1.165, 1.54) is 0 Å². The van der Waals surface area contributed by atoms with Crippen LogP contribution in [-0.4, -0.2) is 50.1 Å². The van der Waals surface area contributed by atoms with Crippen LogP contribution in [0.15, 0.2) is 12.2 Å². The number of carbonyl (C=O) groups is 2. The number of carboxylic acids is 1. The van der Waals surface area contributed by atoms with E-state index in [1.54, 1.807) is 0 Å². The highest BCUT2D eigenvalue weighted by Crippen LogP contribution is 1.90. The minimum absolute atomic E-state index is 0.217. The highest BCUT2D eigenvalue weighted by molar-refractivity contribution is 5.90. The van der Waals surface area contributed by atoms with Crippen LogP contribution in [0.2, 0.25) is 0 Å². The van der Waals surface area contributed by atoms with Gasteiger partial charge in [0.15, 0.2) is 0 Å². The third-order valence-electron chi connectivity index (χ3n) is 1.82. The fourth-order valence-corrected chi connectivity index (χ4v) is 1.03. The summed E-state index contributed by atoms with van der Waals surface area (Å²) in [5.74, 6) is -1.83. The van der Waals surface area contributed by atoms with Crippen molar-refractivity contribution >= 4 is 11.9 Å². The molecule has 18 heavy (non-hydrogen) atoms. The van der Waals surface area contributed by atoms with Gasteiger partial charge in [0.05, 0.1) is 6.61 Å². The summed E-state index contributed by atoms with van der Waals surface area (Å²) in [7, 11) is 0. The summed E-state index contributed by atoms with van der Waals surface area (Å²) in [6.45, 7) is 4.67. The second kappa shape index (κ2) is 12.1. The van der Waals surface area contributed by atoms with Crippen LogP contribution in [-0.2, 0) is 23.8 Å². The van der Waals surface area contributed by atoms with Crippen molar-refractivity contribution in [2.45, 2.75) is 19.8 Å². The summed E-state index contributed by atoms with van der Waals surface area (Å²) < 4.78 is 15.2. The maximum absolute atomic E-state index is 10.9. The minimum Gasteiger partial charge on any atom is -0.478 e. The number of esters is 1. The molecule has 0 spiro atoms. The number of carboxylic acid groups (broad SMARTS) is 1. The topological polar surface area (TPSA) is 82.1 Å². The Bertz CT molecular complexity index is 261. The molecular weight excluding hydrogens is 240 g/mol. The second-order valence-corrected chi connectivity index (χ2v) is 3.36. The number of carbonyl (C=O) groups excluding carboxylic acids is 1. The Morgan fingerprint density at radius 3 is 2.22 bits per heavy atom.